The molecule has 9 heteroatoms. The van der Waals surface area contributed by atoms with E-state index in [-0.39, 0.29) is 29.2 Å². The molecular weight excluding hydrogens is 398 g/mol. The highest BCUT2D eigenvalue weighted by atomic mass is 32.2. The summed E-state index contributed by atoms with van der Waals surface area (Å²) in [5.41, 5.74) is 0.233. The SMILES string of the molecule is CCOc1ccc(C(=O)OCC(=O)N([C@H]2CCS(=O)(=O)C2)[C@@H](C)CC)cc1OC. The Morgan fingerprint density at radius 2 is 1.97 bits per heavy atom. The highest BCUT2D eigenvalue weighted by molar-refractivity contribution is 7.91. The minimum absolute atomic E-state index is 0.0485. The first-order valence-electron chi connectivity index (χ1n) is 9.71. The van der Waals surface area contributed by atoms with Crippen LogP contribution in [0.4, 0.5) is 0 Å². The molecule has 1 aliphatic heterocycles. The van der Waals surface area contributed by atoms with Gasteiger partial charge in [-0.1, -0.05) is 6.92 Å². The molecule has 162 valence electrons. The zero-order valence-corrected chi connectivity index (χ0v) is 18.2. The van der Waals surface area contributed by atoms with Crippen molar-refractivity contribution in [3.8, 4) is 11.5 Å². The monoisotopic (exact) mass is 427 g/mol. The number of ether oxygens (including phenoxy) is 3. The van der Waals surface area contributed by atoms with Crippen LogP contribution in [0.25, 0.3) is 0 Å². The molecule has 1 amide bonds. The second-order valence-electron chi connectivity index (χ2n) is 6.99. The number of rotatable bonds is 9. The summed E-state index contributed by atoms with van der Waals surface area (Å²) >= 11 is 0. The number of carbonyl (C=O) groups excluding carboxylic acids is 2. The number of sulfone groups is 1. The van der Waals surface area contributed by atoms with Crippen LogP contribution in [0.2, 0.25) is 0 Å². The van der Waals surface area contributed by atoms with Gasteiger partial charge in [-0.2, -0.15) is 0 Å². The van der Waals surface area contributed by atoms with Crippen molar-refractivity contribution in [3.63, 3.8) is 0 Å². The molecule has 2 rings (SSSR count). The lowest BCUT2D eigenvalue weighted by atomic mass is 10.1. The Kier molecular flexibility index (Phi) is 7.89. The zero-order chi connectivity index (χ0) is 21.6. The van der Waals surface area contributed by atoms with Crippen LogP contribution in [-0.2, 0) is 19.4 Å². The van der Waals surface area contributed by atoms with Gasteiger partial charge >= 0.3 is 5.97 Å². The van der Waals surface area contributed by atoms with Crippen molar-refractivity contribution >= 4 is 21.7 Å². The van der Waals surface area contributed by atoms with Gasteiger partial charge < -0.3 is 19.1 Å². The summed E-state index contributed by atoms with van der Waals surface area (Å²) in [7, 11) is -1.67. The Bertz CT molecular complexity index is 837. The van der Waals surface area contributed by atoms with Gasteiger partial charge in [-0.05, 0) is 44.9 Å². The van der Waals surface area contributed by atoms with Gasteiger partial charge in [0.05, 0.1) is 30.8 Å². The van der Waals surface area contributed by atoms with Gasteiger partial charge in [-0.15, -0.1) is 0 Å². The van der Waals surface area contributed by atoms with E-state index in [1.54, 1.807) is 11.0 Å². The van der Waals surface area contributed by atoms with E-state index in [4.69, 9.17) is 14.2 Å². The van der Waals surface area contributed by atoms with E-state index in [9.17, 15) is 18.0 Å². The third kappa shape index (κ3) is 5.85. The van der Waals surface area contributed by atoms with Gasteiger partial charge in [0, 0.05) is 12.1 Å². The first-order valence-corrected chi connectivity index (χ1v) is 11.5. The van der Waals surface area contributed by atoms with E-state index in [1.165, 1.54) is 19.2 Å². The van der Waals surface area contributed by atoms with Crippen LogP contribution >= 0.6 is 0 Å². The third-order valence-corrected chi connectivity index (χ3v) is 6.73. The summed E-state index contributed by atoms with van der Waals surface area (Å²) in [6.45, 7) is 5.63. The molecular formula is C20H29NO7S. The molecule has 0 saturated carbocycles. The van der Waals surface area contributed by atoms with E-state index >= 15 is 0 Å². The molecule has 0 bridgehead atoms. The first kappa shape index (κ1) is 23.0. The number of esters is 1. The smallest absolute Gasteiger partial charge is 0.338 e. The van der Waals surface area contributed by atoms with Crippen molar-refractivity contribution in [3.05, 3.63) is 23.8 Å². The fourth-order valence-electron chi connectivity index (χ4n) is 3.36. The van der Waals surface area contributed by atoms with Crippen molar-refractivity contribution in [2.75, 3.05) is 31.8 Å². The highest BCUT2D eigenvalue weighted by Crippen LogP contribution is 2.28. The Balaban J connectivity index is 2.06. The Hall–Kier alpha value is -2.29. The van der Waals surface area contributed by atoms with E-state index in [0.29, 0.717) is 30.9 Å². The van der Waals surface area contributed by atoms with Crippen LogP contribution < -0.4 is 9.47 Å². The largest absolute Gasteiger partial charge is 0.493 e. The summed E-state index contributed by atoms with van der Waals surface area (Å²) in [6.07, 6.45) is 1.08. The average Bonchev–Trinajstić information content (AvgIpc) is 3.05. The molecule has 1 saturated heterocycles. The number of hydrogen-bond acceptors (Lipinski definition) is 7. The quantitative estimate of drug-likeness (QED) is 0.556. The average molecular weight is 428 g/mol. The van der Waals surface area contributed by atoms with Crippen LogP contribution in [0, 0.1) is 0 Å². The molecule has 2 atom stereocenters. The summed E-state index contributed by atoms with van der Waals surface area (Å²) in [4.78, 5) is 26.7. The van der Waals surface area contributed by atoms with Crippen LogP contribution in [0.1, 0.15) is 44.0 Å². The normalized spacial score (nSPS) is 18.7. The van der Waals surface area contributed by atoms with Gasteiger partial charge in [0.1, 0.15) is 0 Å². The highest BCUT2D eigenvalue weighted by Gasteiger charge is 2.36. The standard InChI is InChI=1S/C20H29NO7S/c1-5-14(3)21(16-9-10-29(24,25)13-16)19(22)12-28-20(23)15-7-8-17(27-6-2)18(11-15)26-4/h7-8,11,14,16H,5-6,9-10,12-13H2,1-4H3/t14-,16-/m0/s1. The minimum Gasteiger partial charge on any atom is -0.493 e. The van der Waals surface area contributed by atoms with Gasteiger partial charge in [-0.3, -0.25) is 4.79 Å². The van der Waals surface area contributed by atoms with Gasteiger partial charge in [0.25, 0.3) is 5.91 Å². The van der Waals surface area contributed by atoms with Gasteiger partial charge in [0.2, 0.25) is 0 Å². The molecule has 0 aromatic heterocycles. The lowest BCUT2D eigenvalue weighted by Gasteiger charge is -2.33. The second kappa shape index (κ2) is 9.96. The predicted molar refractivity (Wildman–Crippen MR) is 108 cm³/mol. The second-order valence-corrected chi connectivity index (χ2v) is 9.22. The molecule has 1 heterocycles. The van der Waals surface area contributed by atoms with E-state index < -0.39 is 28.3 Å². The van der Waals surface area contributed by atoms with Crippen LogP contribution in [0.3, 0.4) is 0 Å². The van der Waals surface area contributed by atoms with Crippen molar-refractivity contribution in [1.29, 1.82) is 0 Å². The maximum Gasteiger partial charge on any atom is 0.338 e. The first-order chi connectivity index (χ1) is 13.7. The summed E-state index contributed by atoms with van der Waals surface area (Å²) in [5.74, 6) is -0.134. The molecule has 1 aliphatic rings. The fraction of sp³-hybridized carbons (Fsp3) is 0.600. The number of methoxy groups -OCH3 is 1. The maximum atomic E-state index is 12.7. The molecule has 1 aromatic rings. The van der Waals surface area contributed by atoms with Crippen LogP contribution in [0.5, 0.6) is 11.5 Å². The number of benzene rings is 1. The van der Waals surface area contributed by atoms with Crippen molar-refractivity contribution in [2.24, 2.45) is 0 Å². The van der Waals surface area contributed by atoms with E-state index in [2.05, 4.69) is 0 Å². The molecule has 8 nitrogen and oxygen atoms in total. The van der Waals surface area contributed by atoms with Crippen molar-refractivity contribution < 1.29 is 32.2 Å². The van der Waals surface area contributed by atoms with Crippen LogP contribution in [-0.4, -0.2) is 69.1 Å². The summed E-state index contributed by atoms with van der Waals surface area (Å²) in [5, 5.41) is 0. The lowest BCUT2D eigenvalue weighted by molar-refractivity contribution is -0.138. The minimum atomic E-state index is -3.13. The number of hydrogen-bond donors (Lipinski definition) is 0. The molecule has 29 heavy (non-hydrogen) atoms. The Labute approximate surface area is 172 Å². The predicted octanol–water partition coefficient (Wildman–Crippen LogP) is 2.06. The van der Waals surface area contributed by atoms with Crippen LogP contribution in [0.15, 0.2) is 18.2 Å². The van der Waals surface area contributed by atoms with Crippen molar-refractivity contribution in [1.82, 2.24) is 4.90 Å². The number of carbonyl (C=O) groups is 2. The number of nitrogens with zero attached hydrogens (tertiary/aromatic N) is 1. The zero-order valence-electron chi connectivity index (χ0n) is 17.3. The van der Waals surface area contributed by atoms with Gasteiger partial charge in [0.15, 0.2) is 27.9 Å². The molecule has 0 aliphatic carbocycles. The Morgan fingerprint density at radius 1 is 1.24 bits per heavy atom. The fourth-order valence-corrected chi connectivity index (χ4v) is 5.07. The summed E-state index contributed by atoms with van der Waals surface area (Å²) in [6, 6.07) is 4.11. The van der Waals surface area contributed by atoms with E-state index in [0.717, 1.165) is 0 Å². The molecule has 0 unspecified atom stereocenters. The van der Waals surface area contributed by atoms with E-state index in [1.807, 2.05) is 20.8 Å². The van der Waals surface area contributed by atoms with Crippen molar-refractivity contribution in [2.45, 2.75) is 45.7 Å². The summed E-state index contributed by atoms with van der Waals surface area (Å²) < 4.78 is 39.5. The molecule has 0 spiro atoms. The van der Waals surface area contributed by atoms with Gasteiger partial charge in [-0.25, -0.2) is 13.2 Å². The molecule has 1 aromatic carbocycles. The maximum absolute atomic E-state index is 12.7. The Morgan fingerprint density at radius 3 is 2.52 bits per heavy atom. The molecule has 1 fully saturated rings. The topological polar surface area (TPSA) is 99.2 Å². The molecule has 0 N–H and O–H groups in total. The number of amides is 1. The molecule has 0 radical (unpaired) electrons. The third-order valence-electron chi connectivity index (χ3n) is 4.98. The lowest BCUT2D eigenvalue weighted by Crippen LogP contribution is -2.48.